The number of nitrogens with two attached hydrogens (primary N) is 1. The van der Waals surface area contributed by atoms with Crippen molar-refractivity contribution in [2.45, 2.75) is 29.9 Å². The summed E-state index contributed by atoms with van der Waals surface area (Å²) in [5, 5.41) is 6.87. The van der Waals surface area contributed by atoms with Gasteiger partial charge >= 0.3 is 11.7 Å². The molecule has 0 radical (unpaired) electrons. The Morgan fingerprint density at radius 1 is 1.48 bits per heavy atom. The van der Waals surface area contributed by atoms with Crippen molar-refractivity contribution in [2.75, 3.05) is 12.8 Å². The predicted molar refractivity (Wildman–Crippen MR) is 79.5 cm³/mol. The molecular weight excluding hydrogens is 292 g/mol. The first-order valence-corrected chi connectivity index (χ1v) is 7.08. The summed E-state index contributed by atoms with van der Waals surface area (Å²) in [6, 6.07) is 4.88. The smallest absolute Gasteiger partial charge is 0.344 e. The maximum atomic E-state index is 11.8. The van der Waals surface area contributed by atoms with Gasteiger partial charge in [0.2, 0.25) is 0 Å². The van der Waals surface area contributed by atoms with Gasteiger partial charge < -0.3 is 10.5 Å². The third kappa shape index (κ3) is 3.10. The molecule has 0 aliphatic rings. The molecule has 21 heavy (non-hydrogen) atoms. The predicted octanol–water partition coefficient (Wildman–Crippen LogP) is 1.67. The van der Waals surface area contributed by atoms with Gasteiger partial charge in [0, 0.05) is 16.6 Å². The number of ether oxygens (including phenoxy) is 1. The van der Waals surface area contributed by atoms with Gasteiger partial charge in [-0.3, -0.25) is 4.57 Å². The first-order valence-electron chi connectivity index (χ1n) is 6.26. The van der Waals surface area contributed by atoms with Crippen LogP contribution in [-0.4, -0.2) is 27.8 Å². The van der Waals surface area contributed by atoms with E-state index in [1.807, 2.05) is 13.8 Å². The Morgan fingerprint density at radius 2 is 2.19 bits per heavy atom. The van der Waals surface area contributed by atoms with Crippen LogP contribution in [0.15, 0.2) is 33.0 Å². The standard InChI is InChI=1S/C13H16N4O3S/c1-7(2)17-12(19)15-16-13(17)21-10-5-4-8(14)6-9(10)11(18)20-3/h4-7H,14H2,1-3H3,(H,15,19). The number of hydrogen-bond donors (Lipinski definition) is 2. The van der Waals surface area contributed by atoms with Crippen LogP contribution >= 0.6 is 11.8 Å². The van der Waals surface area contributed by atoms with Crippen LogP contribution in [-0.2, 0) is 4.74 Å². The summed E-state index contributed by atoms with van der Waals surface area (Å²) < 4.78 is 6.26. The molecule has 3 N–H and O–H groups in total. The molecule has 7 nitrogen and oxygen atoms in total. The zero-order chi connectivity index (χ0) is 15.6. The number of aromatic amines is 1. The number of methoxy groups -OCH3 is 1. The third-order valence-electron chi connectivity index (χ3n) is 2.80. The summed E-state index contributed by atoms with van der Waals surface area (Å²) in [6.07, 6.45) is 0. The lowest BCUT2D eigenvalue weighted by molar-refractivity contribution is 0.0597. The SMILES string of the molecule is COC(=O)c1cc(N)ccc1Sc1n[nH]c(=O)n1C(C)C. The second kappa shape index (κ2) is 6.04. The van der Waals surface area contributed by atoms with E-state index in [0.717, 1.165) is 0 Å². The molecule has 0 bridgehead atoms. The van der Waals surface area contributed by atoms with E-state index in [0.29, 0.717) is 21.3 Å². The summed E-state index contributed by atoms with van der Waals surface area (Å²) in [4.78, 5) is 24.2. The van der Waals surface area contributed by atoms with Gasteiger partial charge in [-0.05, 0) is 43.8 Å². The summed E-state index contributed by atoms with van der Waals surface area (Å²) in [6.45, 7) is 3.76. The molecule has 0 unspecified atom stereocenters. The molecule has 0 saturated carbocycles. The van der Waals surface area contributed by atoms with Crippen molar-refractivity contribution in [3.05, 3.63) is 34.2 Å². The van der Waals surface area contributed by atoms with Crippen LogP contribution in [0.2, 0.25) is 0 Å². The Kier molecular flexibility index (Phi) is 4.37. The van der Waals surface area contributed by atoms with Crippen LogP contribution in [0.3, 0.4) is 0 Å². The molecule has 2 aromatic rings. The third-order valence-corrected chi connectivity index (χ3v) is 3.85. The average molecular weight is 308 g/mol. The number of benzene rings is 1. The zero-order valence-corrected chi connectivity index (χ0v) is 12.7. The van der Waals surface area contributed by atoms with E-state index in [1.165, 1.54) is 23.4 Å². The zero-order valence-electron chi connectivity index (χ0n) is 11.9. The van der Waals surface area contributed by atoms with E-state index in [2.05, 4.69) is 10.2 Å². The quantitative estimate of drug-likeness (QED) is 0.658. The summed E-state index contributed by atoms with van der Waals surface area (Å²) in [7, 11) is 1.30. The van der Waals surface area contributed by atoms with Crippen LogP contribution in [0, 0.1) is 0 Å². The van der Waals surface area contributed by atoms with E-state index < -0.39 is 5.97 Å². The van der Waals surface area contributed by atoms with Gasteiger partial charge in [-0.1, -0.05) is 0 Å². The van der Waals surface area contributed by atoms with Crippen molar-refractivity contribution in [3.63, 3.8) is 0 Å². The van der Waals surface area contributed by atoms with E-state index in [-0.39, 0.29) is 11.7 Å². The fourth-order valence-electron chi connectivity index (χ4n) is 1.82. The fourth-order valence-corrected chi connectivity index (χ4v) is 2.89. The molecule has 0 aliphatic carbocycles. The molecule has 0 saturated heterocycles. The molecule has 0 amide bonds. The topological polar surface area (TPSA) is 103 Å². The summed E-state index contributed by atoms with van der Waals surface area (Å²) in [5.41, 5.74) is 6.21. The van der Waals surface area contributed by atoms with Crippen LogP contribution in [0.1, 0.15) is 30.2 Å². The normalized spacial score (nSPS) is 10.9. The highest BCUT2D eigenvalue weighted by Gasteiger charge is 2.18. The highest BCUT2D eigenvalue weighted by atomic mass is 32.2. The number of rotatable bonds is 4. The monoisotopic (exact) mass is 308 g/mol. The van der Waals surface area contributed by atoms with Gasteiger partial charge in [0.15, 0.2) is 5.16 Å². The number of nitrogen functional groups attached to an aromatic ring is 1. The first kappa shape index (κ1) is 15.2. The van der Waals surface area contributed by atoms with Crippen molar-refractivity contribution < 1.29 is 9.53 Å². The van der Waals surface area contributed by atoms with E-state index in [1.54, 1.807) is 18.2 Å². The molecule has 2 rings (SSSR count). The van der Waals surface area contributed by atoms with Crippen LogP contribution in [0.5, 0.6) is 0 Å². The number of H-pyrrole nitrogens is 1. The molecule has 1 aromatic carbocycles. The van der Waals surface area contributed by atoms with Gasteiger partial charge in [-0.25, -0.2) is 14.7 Å². The molecular formula is C13H16N4O3S. The maximum absolute atomic E-state index is 11.8. The number of anilines is 1. The molecule has 8 heteroatoms. The summed E-state index contributed by atoms with van der Waals surface area (Å²) in [5.74, 6) is -0.487. The van der Waals surface area contributed by atoms with E-state index in [4.69, 9.17) is 10.5 Å². The number of esters is 1. The Balaban J connectivity index is 2.45. The molecule has 112 valence electrons. The molecule has 1 aromatic heterocycles. The van der Waals surface area contributed by atoms with Gasteiger partial charge in [-0.15, -0.1) is 5.10 Å². The molecule has 0 aliphatic heterocycles. The minimum Gasteiger partial charge on any atom is -0.465 e. The molecule has 1 heterocycles. The van der Waals surface area contributed by atoms with Crippen molar-refractivity contribution in [2.24, 2.45) is 0 Å². The van der Waals surface area contributed by atoms with Crippen molar-refractivity contribution in [1.29, 1.82) is 0 Å². The molecule has 0 atom stereocenters. The summed E-state index contributed by atoms with van der Waals surface area (Å²) >= 11 is 1.21. The number of nitrogens with zero attached hydrogens (tertiary/aromatic N) is 2. The lowest BCUT2D eigenvalue weighted by atomic mass is 10.2. The number of hydrogen-bond acceptors (Lipinski definition) is 6. The van der Waals surface area contributed by atoms with Crippen LogP contribution in [0.4, 0.5) is 5.69 Å². The Morgan fingerprint density at radius 3 is 2.81 bits per heavy atom. The van der Waals surface area contributed by atoms with E-state index >= 15 is 0 Å². The van der Waals surface area contributed by atoms with Crippen molar-refractivity contribution in [3.8, 4) is 0 Å². The van der Waals surface area contributed by atoms with Crippen LogP contribution in [0.25, 0.3) is 0 Å². The van der Waals surface area contributed by atoms with Crippen molar-refractivity contribution >= 4 is 23.4 Å². The maximum Gasteiger partial charge on any atom is 0.344 e. The number of aromatic nitrogens is 3. The average Bonchev–Trinajstić information content (AvgIpc) is 2.81. The first-order chi connectivity index (χ1) is 9.93. The fraction of sp³-hybridized carbons (Fsp3) is 0.308. The van der Waals surface area contributed by atoms with Gasteiger partial charge in [0.1, 0.15) is 0 Å². The van der Waals surface area contributed by atoms with Gasteiger partial charge in [0.25, 0.3) is 0 Å². The number of nitrogens with one attached hydrogen (secondary N) is 1. The second-order valence-corrected chi connectivity index (χ2v) is 5.63. The lowest BCUT2D eigenvalue weighted by Crippen LogP contribution is -2.19. The minimum atomic E-state index is -0.487. The number of carbonyl (C=O) groups excluding carboxylic acids is 1. The van der Waals surface area contributed by atoms with Crippen LogP contribution < -0.4 is 11.4 Å². The van der Waals surface area contributed by atoms with Crippen molar-refractivity contribution in [1.82, 2.24) is 14.8 Å². The highest BCUT2D eigenvalue weighted by Crippen LogP contribution is 2.31. The molecule has 0 spiro atoms. The Hall–Kier alpha value is -2.22. The van der Waals surface area contributed by atoms with E-state index in [9.17, 15) is 9.59 Å². The largest absolute Gasteiger partial charge is 0.465 e. The van der Waals surface area contributed by atoms with Gasteiger partial charge in [-0.2, -0.15) is 0 Å². The Bertz CT molecular complexity index is 720. The Labute approximate surface area is 125 Å². The number of carbonyl (C=O) groups is 1. The lowest BCUT2D eigenvalue weighted by Gasteiger charge is -2.11. The second-order valence-electron chi connectivity index (χ2n) is 4.62. The minimum absolute atomic E-state index is 0.0471. The van der Waals surface area contributed by atoms with Gasteiger partial charge in [0.05, 0.1) is 12.7 Å². The molecule has 0 fully saturated rings. The highest BCUT2D eigenvalue weighted by molar-refractivity contribution is 7.99.